The summed E-state index contributed by atoms with van der Waals surface area (Å²) in [5, 5.41) is 0. The van der Waals surface area contributed by atoms with Crippen LogP contribution in [0.1, 0.15) is 6.42 Å². The molecule has 4 rings (SSSR count). The first kappa shape index (κ1) is 20.6. The first-order valence-electron chi connectivity index (χ1n) is 9.29. The molecule has 3 aromatic rings. The van der Waals surface area contributed by atoms with Crippen molar-refractivity contribution in [1.29, 1.82) is 0 Å². The van der Waals surface area contributed by atoms with Crippen LogP contribution in [0, 0.1) is 5.82 Å². The topological polar surface area (TPSA) is 108 Å². The molecule has 158 valence electrons. The number of benzene rings is 1. The summed E-state index contributed by atoms with van der Waals surface area (Å²) in [7, 11) is -3.80. The second kappa shape index (κ2) is 8.58. The summed E-state index contributed by atoms with van der Waals surface area (Å²) in [5.41, 5.74) is 0.841. The molecule has 1 saturated heterocycles. The molecule has 30 heavy (non-hydrogen) atoms. The molecule has 1 fully saturated rings. The number of rotatable bonds is 6. The van der Waals surface area contributed by atoms with E-state index in [9.17, 15) is 17.6 Å². The molecule has 1 N–H and O–H groups in total. The van der Waals surface area contributed by atoms with Crippen molar-refractivity contribution in [1.82, 2.24) is 23.4 Å². The van der Waals surface area contributed by atoms with E-state index in [1.165, 1.54) is 24.4 Å². The number of pyridine rings is 1. The Morgan fingerprint density at radius 1 is 1.17 bits per heavy atom. The molecule has 1 amide bonds. The van der Waals surface area contributed by atoms with Crippen LogP contribution in [0.4, 0.5) is 10.2 Å². The molecule has 1 aliphatic rings. The number of fused-ring (bicyclic) bond motifs is 1. The SMILES string of the molecule is O=C(CCNS(=O)(=O)c1cccc2nsnc12)N1CCN(c2cc(F)ccn2)CC1. The molecule has 0 atom stereocenters. The number of carbonyl (C=O) groups is 1. The van der Waals surface area contributed by atoms with Crippen LogP contribution in [0.2, 0.25) is 0 Å². The van der Waals surface area contributed by atoms with Crippen LogP contribution in [0.3, 0.4) is 0 Å². The van der Waals surface area contributed by atoms with E-state index in [4.69, 9.17) is 0 Å². The average molecular weight is 451 g/mol. The van der Waals surface area contributed by atoms with Gasteiger partial charge in [0.1, 0.15) is 27.6 Å². The molecular formula is C18H19FN6O3S2. The van der Waals surface area contributed by atoms with E-state index in [0.29, 0.717) is 43.0 Å². The molecule has 1 aliphatic heterocycles. The fourth-order valence-corrected chi connectivity index (χ4v) is 5.07. The van der Waals surface area contributed by atoms with Gasteiger partial charge in [-0.2, -0.15) is 8.75 Å². The van der Waals surface area contributed by atoms with Crippen LogP contribution >= 0.6 is 11.7 Å². The highest BCUT2D eigenvalue weighted by Gasteiger charge is 2.23. The highest BCUT2D eigenvalue weighted by atomic mass is 32.2. The van der Waals surface area contributed by atoms with Crippen molar-refractivity contribution in [3.05, 3.63) is 42.3 Å². The summed E-state index contributed by atoms with van der Waals surface area (Å²) in [5.74, 6) is 0.0496. The van der Waals surface area contributed by atoms with E-state index in [0.717, 1.165) is 11.7 Å². The van der Waals surface area contributed by atoms with Crippen LogP contribution in [0.25, 0.3) is 11.0 Å². The molecule has 0 radical (unpaired) electrons. The maximum Gasteiger partial charge on any atom is 0.242 e. The van der Waals surface area contributed by atoms with Crippen LogP contribution in [-0.2, 0) is 14.8 Å². The highest BCUT2D eigenvalue weighted by Crippen LogP contribution is 2.21. The molecule has 3 heterocycles. The number of piperazine rings is 1. The summed E-state index contributed by atoms with van der Waals surface area (Å²) in [6.07, 6.45) is 1.46. The Hall–Kier alpha value is -2.70. The van der Waals surface area contributed by atoms with Crippen molar-refractivity contribution in [3.8, 4) is 0 Å². The van der Waals surface area contributed by atoms with Crippen LogP contribution in [0.15, 0.2) is 41.4 Å². The van der Waals surface area contributed by atoms with Crippen LogP contribution in [-0.4, -0.2) is 65.7 Å². The van der Waals surface area contributed by atoms with Crippen molar-refractivity contribution in [3.63, 3.8) is 0 Å². The normalized spacial score (nSPS) is 15.0. The third kappa shape index (κ3) is 4.40. The summed E-state index contributed by atoms with van der Waals surface area (Å²) >= 11 is 0.948. The molecule has 0 saturated carbocycles. The zero-order valence-electron chi connectivity index (χ0n) is 15.9. The minimum absolute atomic E-state index is 0.0131. The fourth-order valence-electron chi connectivity index (χ4n) is 3.28. The van der Waals surface area contributed by atoms with Crippen LogP contribution in [0.5, 0.6) is 0 Å². The van der Waals surface area contributed by atoms with Gasteiger partial charge in [-0.15, -0.1) is 0 Å². The van der Waals surface area contributed by atoms with Crippen molar-refractivity contribution in [2.45, 2.75) is 11.3 Å². The molecule has 0 bridgehead atoms. The third-order valence-corrected chi connectivity index (χ3v) is 6.87. The molecular weight excluding hydrogens is 431 g/mol. The van der Waals surface area contributed by atoms with Crippen LogP contribution < -0.4 is 9.62 Å². The van der Waals surface area contributed by atoms with E-state index in [2.05, 4.69) is 18.5 Å². The number of nitrogens with zero attached hydrogens (tertiary/aromatic N) is 5. The van der Waals surface area contributed by atoms with E-state index in [1.54, 1.807) is 17.0 Å². The standard InChI is InChI=1S/C18H19FN6O3S2/c19-13-4-6-20-16(12-13)24-8-10-25(11-9-24)17(26)5-7-21-30(27,28)15-3-1-2-14-18(15)23-29-22-14/h1-4,6,12,21H,5,7-11H2. The minimum atomic E-state index is -3.80. The number of halogens is 1. The Kier molecular flexibility index (Phi) is 5.88. The van der Waals surface area contributed by atoms with Gasteiger partial charge in [0, 0.05) is 51.4 Å². The van der Waals surface area contributed by atoms with E-state index < -0.39 is 10.0 Å². The highest BCUT2D eigenvalue weighted by molar-refractivity contribution is 7.89. The summed E-state index contributed by atoms with van der Waals surface area (Å²) in [4.78, 5) is 20.3. The lowest BCUT2D eigenvalue weighted by Gasteiger charge is -2.35. The van der Waals surface area contributed by atoms with Gasteiger partial charge in [0.25, 0.3) is 0 Å². The first-order chi connectivity index (χ1) is 14.4. The number of amides is 1. The van der Waals surface area contributed by atoms with Gasteiger partial charge in [-0.05, 0) is 18.2 Å². The lowest BCUT2D eigenvalue weighted by molar-refractivity contribution is -0.131. The predicted octanol–water partition coefficient (Wildman–Crippen LogP) is 1.24. The fraction of sp³-hybridized carbons (Fsp3) is 0.333. The van der Waals surface area contributed by atoms with Crippen molar-refractivity contribution < 1.29 is 17.6 Å². The van der Waals surface area contributed by atoms with E-state index in [1.807, 2.05) is 4.90 Å². The molecule has 0 aliphatic carbocycles. The first-order valence-corrected chi connectivity index (χ1v) is 11.5. The second-order valence-corrected chi connectivity index (χ2v) is 9.00. The minimum Gasteiger partial charge on any atom is -0.353 e. The number of hydrogen-bond acceptors (Lipinski definition) is 8. The molecule has 1 aromatic carbocycles. The smallest absolute Gasteiger partial charge is 0.242 e. The van der Waals surface area contributed by atoms with Gasteiger partial charge >= 0.3 is 0 Å². The van der Waals surface area contributed by atoms with Gasteiger partial charge in [0.15, 0.2) is 0 Å². The van der Waals surface area contributed by atoms with E-state index >= 15 is 0 Å². The Morgan fingerprint density at radius 3 is 2.73 bits per heavy atom. The number of aromatic nitrogens is 3. The quantitative estimate of drug-likeness (QED) is 0.602. The third-order valence-electron chi connectivity index (χ3n) is 4.83. The zero-order chi connectivity index (χ0) is 21.1. The number of hydrogen-bond donors (Lipinski definition) is 1. The molecule has 0 unspecified atom stereocenters. The summed E-state index contributed by atoms with van der Waals surface area (Å²) in [6, 6.07) is 7.42. The molecule has 0 spiro atoms. The Balaban J connectivity index is 1.30. The largest absolute Gasteiger partial charge is 0.353 e. The summed E-state index contributed by atoms with van der Waals surface area (Å²) in [6.45, 7) is 1.99. The van der Waals surface area contributed by atoms with Gasteiger partial charge < -0.3 is 9.80 Å². The molecule has 12 heteroatoms. The number of nitrogens with one attached hydrogen (secondary N) is 1. The maximum atomic E-state index is 13.4. The lowest BCUT2D eigenvalue weighted by Crippen LogP contribution is -2.49. The van der Waals surface area contributed by atoms with Crippen molar-refractivity contribution >= 4 is 44.5 Å². The van der Waals surface area contributed by atoms with Crippen molar-refractivity contribution in [2.75, 3.05) is 37.6 Å². The zero-order valence-corrected chi connectivity index (χ0v) is 17.5. The monoisotopic (exact) mass is 450 g/mol. The van der Waals surface area contributed by atoms with Crippen molar-refractivity contribution in [2.24, 2.45) is 0 Å². The average Bonchev–Trinajstić information content (AvgIpc) is 3.22. The Bertz CT molecular complexity index is 1160. The van der Waals surface area contributed by atoms with E-state index in [-0.39, 0.29) is 29.6 Å². The lowest BCUT2D eigenvalue weighted by atomic mass is 10.2. The number of anilines is 1. The maximum absolute atomic E-state index is 13.4. The van der Waals surface area contributed by atoms with Gasteiger partial charge in [-0.1, -0.05) is 6.07 Å². The number of sulfonamides is 1. The second-order valence-electron chi connectivity index (χ2n) is 6.74. The molecule has 2 aromatic heterocycles. The van der Waals surface area contributed by atoms with Gasteiger partial charge in [0.2, 0.25) is 15.9 Å². The van der Waals surface area contributed by atoms with Gasteiger partial charge in [-0.25, -0.2) is 22.5 Å². The number of carbonyl (C=O) groups excluding carboxylic acids is 1. The predicted molar refractivity (Wildman–Crippen MR) is 110 cm³/mol. The Morgan fingerprint density at radius 2 is 1.97 bits per heavy atom. The molecule has 9 nitrogen and oxygen atoms in total. The van der Waals surface area contributed by atoms with Gasteiger partial charge in [0.05, 0.1) is 11.7 Å². The Labute approximate surface area is 176 Å². The summed E-state index contributed by atoms with van der Waals surface area (Å²) < 4.78 is 49.1. The van der Waals surface area contributed by atoms with Gasteiger partial charge in [-0.3, -0.25) is 4.79 Å².